The lowest BCUT2D eigenvalue weighted by Crippen LogP contribution is -2.49. The summed E-state index contributed by atoms with van der Waals surface area (Å²) in [5.41, 5.74) is 0. The van der Waals surface area contributed by atoms with Gasteiger partial charge < -0.3 is 15.5 Å². The second-order valence-corrected chi connectivity index (χ2v) is 7.42. The van der Waals surface area contributed by atoms with Crippen molar-refractivity contribution in [1.82, 2.24) is 20.4 Å². The van der Waals surface area contributed by atoms with Gasteiger partial charge in [-0.15, -0.1) is 24.0 Å². The van der Waals surface area contributed by atoms with Crippen molar-refractivity contribution >= 4 is 35.8 Å². The van der Waals surface area contributed by atoms with Crippen LogP contribution < -0.4 is 10.6 Å². The Labute approximate surface area is 176 Å². The minimum Gasteiger partial charge on any atom is -0.355 e. The van der Waals surface area contributed by atoms with E-state index in [-0.39, 0.29) is 29.9 Å². The summed E-state index contributed by atoms with van der Waals surface area (Å²) in [4.78, 5) is 21.4. The number of amides is 1. The normalized spacial score (nSPS) is 22.4. The van der Waals surface area contributed by atoms with Gasteiger partial charge in [0.2, 0.25) is 5.91 Å². The standard InChI is InChI=1S/C19H37N5O.HI/c1-5-23(6-2)15(3)13-21-19(20-4)22-17-11-12-24(14-17)18(25)16-9-7-8-10-16;/h15-17H,5-14H2,1-4H3,(H2,20,21,22);1H. The first-order valence-electron chi connectivity index (χ1n) is 10.1. The van der Waals surface area contributed by atoms with Gasteiger partial charge in [0.1, 0.15) is 0 Å². The third-order valence-corrected chi connectivity index (χ3v) is 5.77. The highest BCUT2D eigenvalue weighted by Crippen LogP contribution is 2.27. The summed E-state index contributed by atoms with van der Waals surface area (Å²) in [5.74, 6) is 1.50. The number of carbonyl (C=O) groups is 1. The minimum absolute atomic E-state index is 0. The molecule has 7 heteroatoms. The topological polar surface area (TPSA) is 60.0 Å². The number of aliphatic imine (C=N–C) groups is 1. The molecule has 26 heavy (non-hydrogen) atoms. The molecule has 0 aromatic carbocycles. The van der Waals surface area contributed by atoms with Gasteiger partial charge in [0.25, 0.3) is 0 Å². The number of likely N-dealkylation sites (tertiary alicyclic amines) is 1. The van der Waals surface area contributed by atoms with Crippen LogP contribution in [-0.4, -0.2) is 73.5 Å². The molecule has 152 valence electrons. The first-order chi connectivity index (χ1) is 12.1. The van der Waals surface area contributed by atoms with Gasteiger partial charge in [-0.05, 0) is 39.3 Å². The van der Waals surface area contributed by atoms with Gasteiger partial charge in [0.05, 0.1) is 0 Å². The lowest BCUT2D eigenvalue weighted by atomic mass is 10.1. The van der Waals surface area contributed by atoms with E-state index in [1.54, 1.807) is 0 Å². The van der Waals surface area contributed by atoms with E-state index < -0.39 is 0 Å². The quantitative estimate of drug-likeness (QED) is 0.334. The number of halogens is 1. The fraction of sp³-hybridized carbons (Fsp3) is 0.895. The summed E-state index contributed by atoms with van der Waals surface area (Å²) in [6.07, 6.45) is 5.60. The maximum absolute atomic E-state index is 12.6. The van der Waals surface area contributed by atoms with Gasteiger partial charge in [-0.25, -0.2) is 0 Å². The molecule has 1 amide bonds. The summed E-state index contributed by atoms with van der Waals surface area (Å²) in [7, 11) is 1.81. The number of hydrogen-bond acceptors (Lipinski definition) is 3. The minimum atomic E-state index is 0. The Bertz CT molecular complexity index is 449. The van der Waals surface area contributed by atoms with Crippen LogP contribution in [0.5, 0.6) is 0 Å². The predicted molar refractivity (Wildman–Crippen MR) is 119 cm³/mol. The summed E-state index contributed by atoms with van der Waals surface area (Å²) < 4.78 is 0. The molecule has 0 spiro atoms. The maximum atomic E-state index is 12.6. The first-order valence-corrected chi connectivity index (χ1v) is 10.1. The van der Waals surface area contributed by atoms with Gasteiger partial charge in [-0.1, -0.05) is 26.7 Å². The average molecular weight is 479 g/mol. The van der Waals surface area contributed by atoms with Crippen molar-refractivity contribution in [1.29, 1.82) is 0 Å². The third kappa shape index (κ3) is 6.55. The van der Waals surface area contributed by atoms with Crippen molar-refractivity contribution in [3.63, 3.8) is 0 Å². The van der Waals surface area contributed by atoms with E-state index in [2.05, 4.69) is 46.2 Å². The van der Waals surface area contributed by atoms with Crippen LogP contribution in [0.3, 0.4) is 0 Å². The molecular weight excluding hydrogens is 441 g/mol. The van der Waals surface area contributed by atoms with E-state index in [9.17, 15) is 4.79 Å². The van der Waals surface area contributed by atoms with Gasteiger partial charge in [-0.3, -0.25) is 14.7 Å². The molecule has 2 aliphatic rings. The molecule has 2 atom stereocenters. The van der Waals surface area contributed by atoms with Crippen molar-refractivity contribution in [2.45, 2.75) is 65.0 Å². The Hall–Kier alpha value is -0.570. The second kappa shape index (κ2) is 12.0. The summed E-state index contributed by atoms with van der Waals surface area (Å²) in [6, 6.07) is 0.776. The zero-order valence-electron chi connectivity index (χ0n) is 17.0. The molecule has 2 fully saturated rings. The van der Waals surface area contributed by atoms with Gasteiger partial charge >= 0.3 is 0 Å². The zero-order chi connectivity index (χ0) is 18.2. The molecule has 0 bridgehead atoms. The number of likely N-dealkylation sites (N-methyl/N-ethyl adjacent to an activating group) is 1. The summed E-state index contributed by atoms with van der Waals surface area (Å²) >= 11 is 0. The molecule has 1 heterocycles. The lowest BCUT2D eigenvalue weighted by Gasteiger charge is -2.27. The van der Waals surface area contributed by atoms with Crippen LogP contribution in [0.25, 0.3) is 0 Å². The number of rotatable bonds is 7. The molecule has 1 saturated heterocycles. The maximum Gasteiger partial charge on any atom is 0.225 e. The van der Waals surface area contributed by atoms with Crippen LogP contribution in [0.1, 0.15) is 52.9 Å². The average Bonchev–Trinajstić information content (AvgIpc) is 3.31. The van der Waals surface area contributed by atoms with Gasteiger partial charge in [-0.2, -0.15) is 0 Å². The highest BCUT2D eigenvalue weighted by molar-refractivity contribution is 14.0. The van der Waals surface area contributed by atoms with E-state index in [4.69, 9.17) is 0 Å². The van der Waals surface area contributed by atoms with E-state index in [0.29, 0.717) is 18.0 Å². The molecule has 2 rings (SSSR count). The number of nitrogens with zero attached hydrogens (tertiary/aromatic N) is 3. The molecule has 1 saturated carbocycles. The molecule has 0 aromatic heterocycles. The first kappa shape index (κ1) is 23.5. The van der Waals surface area contributed by atoms with E-state index in [1.807, 2.05) is 7.05 Å². The van der Waals surface area contributed by atoms with Crippen molar-refractivity contribution < 1.29 is 4.79 Å². The van der Waals surface area contributed by atoms with Crippen molar-refractivity contribution in [3.8, 4) is 0 Å². The fourth-order valence-electron chi connectivity index (χ4n) is 4.12. The monoisotopic (exact) mass is 479 g/mol. The molecule has 1 aliphatic carbocycles. The third-order valence-electron chi connectivity index (χ3n) is 5.77. The van der Waals surface area contributed by atoms with Crippen LogP contribution >= 0.6 is 24.0 Å². The molecule has 0 aromatic rings. The zero-order valence-corrected chi connectivity index (χ0v) is 19.3. The van der Waals surface area contributed by atoms with Crippen LogP contribution in [0.15, 0.2) is 4.99 Å². The number of hydrogen-bond donors (Lipinski definition) is 2. The van der Waals surface area contributed by atoms with Crippen molar-refractivity contribution in [3.05, 3.63) is 0 Å². The van der Waals surface area contributed by atoms with Gasteiger partial charge in [0.15, 0.2) is 5.96 Å². The van der Waals surface area contributed by atoms with E-state index in [1.165, 1.54) is 12.8 Å². The lowest BCUT2D eigenvalue weighted by molar-refractivity contribution is -0.134. The van der Waals surface area contributed by atoms with Gasteiger partial charge in [0, 0.05) is 44.7 Å². The van der Waals surface area contributed by atoms with E-state index >= 15 is 0 Å². The van der Waals surface area contributed by atoms with Crippen molar-refractivity contribution in [2.75, 3.05) is 39.8 Å². The smallest absolute Gasteiger partial charge is 0.225 e. The molecule has 1 aliphatic heterocycles. The number of nitrogens with one attached hydrogen (secondary N) is 2. The fourth-order valence-corrected chi connectivity index (χ4v) is 4.12. The molecule has 2 N–H and O–H groups in total. The number of carbonyl (C=O) groups excluding carboxylic acids is 1. The number of guanidine groups is 1. The second-order valence-electron chi connectivity index (χ2n) is 7.42. The molecular formula is C19H38IN5O. The largest absolute Gasteiger partial charge is 0.355 e. The Morgan fingerprint density at radius 3 is 2.46 bits per heavy atom. The Kier molecular flexibility index (Phi) is 10.8. The Morgan fingerprint density at radius 2 is 1.88 bits per heavy atom. The van der Waals surface area contributed by atoms with Crippen LogP contribution in [0, 0.1) is 5.92 Å². The van der Waals surface area contributed by atoms with Crippen molar-refractivity contribution in [2.24, 2.45) is 10.9 Å². The molecule has 6 nitrogen and oxygen atoms in total. The Balaban J connectivity index is 0.00000338. The molecule has 0 radical (unpaired) electrons. The van der Waals surface area contributed by atoms with Crippen LogP contribution in [0.4, 0.5) is 0 Å². The van der Waals surface area contributed by atoms with Crippen LogP contribution in [-0.2, 0) is 4.79 Å². The summed E-state index contributed by atoms with van der Waals surface area (Å²) in [5, 5.41) is 6.94. The summed E-state index contributed by atoms with van der Waals surface area (Å²) in [6.45, 7) is 11.3. The highest BCUT2D eigenvalue weighted by atomic mass is 127. The SMILES string of the molecule is CCN(CC)C(C)CNC(=NC)NC1CCN(C(=O)C2CCCC2)C1.I. The Morgan fingerprint density at radius 1 is 1.23 bits per heavy atom. The van der Waals surface area contributed by atoms with E-state index in [0.717, 1.165) is 57.9 Å². The highest BCUT2D eigenvalue weighted by Gasteiger charge is 2.32. The van der Waals surface area contributed by atoms with Crippen LogP contribution in [0.2, 0.25) is 0 Å². The molecule has 2 unspecified atom stereocenters. The predicted octanol–water partition coefficient (Wildman–Crippen LogP) is 2.29.